The van der Waals surface area contributed by atoms with Crippen LogP contribution in [0.15, 0.2) is 48.5 Å². The monoisotopic (exact) mass is 474 g/mol. The van der Waals surface area contributed by atoms with Crippen LogP contribution < -0.4 is 4.74 Å². The summed E-state index contributed by atoms with van der Waals surface area (Å²) in [4.78, 5) is 58.5. The second-order valence-electron chi connectivity index (χ2n) is 7.35. The Balaban J connectivity index is 1.96. The SMILES string of the molecule is CCOC(=O)c1c(C(=O)Oc2c(C(C)=O)c(C(=O)O)nc3ccccc23)nc2ccccc2c1O. The van der Waals surface area contributed by atoms with E-state index in [1.54, 1.807) is 31.2 Å². The van der Waals surface area contributed by atoms with Gasteiger partial charge >= 0.3 is 17.9 Å². The Morgan fingerprint density at radius 3 is 2.00 bits per heavy atom. The van der Waals surface area contributed by atoms with E-state index < -0.39 is 52.0 Å². The number of carbonyl (C=O) groups is 4. The molecule has 0 unspecified atom stereocenters. The number of pyridine rings is 2. The molecule has 4 rings (SSSR count). The van der Waals surface area contributed by atoms with Gasteiger partial charge in [0, 0.05) is 10.8 Å². The first kappa shape index (κ1) is 23.3. The highest BCUT2D eigenvalue weighted by Crippen LogP contribution is 2.34. The van der Waals surface area contributed by atoms with Gasteiger partial charge < -0.3 is 19.7 Å². The fraction of sp³-hybridized carbons (Fsp3) is 0.120. The van der Waals surface area contributed by atoms with Crippen molar-refractivity contribution in [2.45, 2.75) is 13.8 Å². The molecule has 0 bridgehead atoms. The lowest BCUT2D eigenvalue weighted by Gasteiger charge is -2.15. The average molecular weight is 474 g/mol. The lowest BCUT2D eigenvalue weighted by molar-refractivity contribution is 0.0512. The van der Waals surface area contributed by atoms with E-state index in [0.717, 1.165) is 6.92 Å². The number of benzene rings is 2. The number of carboxylic acids is 1. The molecule has 0 amide bonds. The molecular weight excluding hydrogens is 456 g/mol. The normalized spacial score (nSPS) is 10.8. The summed E-state index contributed by atoms with van der Waals surface area (Å²) in [6.07, 6.45) is 0. The van der Waals surface area contributed by atoms with Crippen LogP contribution in [-0.4, -0.2) is 50.5 Å². The van der Waals surface area contributed by atoms with Gasteiger partial charge in [-0.15, -0.1) is 0 Å². The fourth-order valence-electron chi connectivity index (χ4n) is 3.65. The number of ketones is 1. The van der Waals surface area contributed by atoms with Crippen LogP contribution in [0, 0.1) is 0 Å². The molecule has 0 spiro atoms. The van der Waals surface area contributed by atoms with Crippen molar-refractivity contribution in [2.75, 3.05) is 6.61 Å². The highest BCUT2D eigenvalue weighted by Gasteiger charge is 2.31. The molecule has 0 atom stereocenters. The van der Waals surface area contributed by atoms with Gasteiger partial charge in [0.25, 0.3) is 0 Å². The molecule has 2 aromatic heterocycles. The van der Waals surface area contributed by atoms with Crippen LogP contribution >= 0.6 is 0 Å². The van der Waals surface area contributed by atoms with Gasteiger partial charge in [0.1, 0.15) is 11.3 Å². The number of para-hydroxylation sites is 2. The number of fused-ring (bicyclic) bond motifs is 2. The number of carboxylic acid groups (broad SMARTS) is 1. The largest absolute Gasteiger partial charge is 0.506 e. The molecule has 4 aromatic rings. The minimum Gasteiger partial charge on any atom is -0.506 e. The summed E-state index contributed by atoms with van der Waals surface area (Å²) in [5.41, 5.74) is -1.74. The maximum Gasteiger partial charge on any atom is 0.363 e. The Morgan fingerprint density at radius 2 is 1.40 bits per heavy atom. The van der Waals surface area contributed by atoms with Gasteiger partial charge in [-0.05, 0) is 38.1 Å². The molecule has 2 aromatic carbocycles. The first-order valence-corrected chi connectivity index (χ1v) is 10.4. The van der Waals surface area contributed by atoms with Crippen LogP contribution in [0.5, 0.6) is 11.5 Å². The van der Waals surface area contributed by atoms with Gasteiger partial charge in [0.15, 0.2) is 22.9 Å². The maximum absolute atomic E-state index is 13.4. The zero-order chi connectivity index (χ0) is 25.3. The molecule has 35 heavy (non-hydrogen) atoms. The first-order valence-electron chi connectivity index (χ1n) is 10.4. The van der Waals surface area contributed by atoms with E-state index in [0.29, 0.717) is 0 Å². The van der Waals surface area contributed by atoms with Gasteiger partial charge in [-0.1, -0.05) is 24.3 Å². The van der Waals surface area contributed by atoms with Crippen LogP contribution in [0.1, 0.15) is 55.5 Å². The third-order valence-electron chi connectivity index (χ3n) is 5.13. The number of esters is 2. The van der Waals surface area contributed by atoms with Gasteiger partial charge in [0.2, 0.25) is 0 Å². The lowest BCUT2D eigenvalue weighted by atomic mass is 10.0. The molecular formula is C25H18N2O8. The van der Waals surface area contributed by atoms with Crippen LogP contribution in [0.25, 0.3) is 21.8 Å². The van der Waals surface area contributed by atoms with Crippen molar-refractivity contribution in [3.8, 4) is 11.5 Å². The number of aromatic nitrogens is 2. The van der Waals surface area contributed by atoms with Crippen molar-refractivity contribution in [2.24, 2.45) is 0 Å². The highest BCUT2D eigenvalue weighted by molar-refractivity contribution is 6.13. The molecule has 2 heterocycles. The van der Waals surface area contributed by atoms with E-state index in [1.807, 2.05) is 0 Å². The molecule has 0 fully saturated rings. The molecule has 0 saturated carbocycles. The quantitative estimate of drug-likeness (QED) is 0.312. The molecule has 176 valence electrons. The first-order chi connectivity index (χ1) is 16.7. The summed E-state index contributed by atoms with van der Waals surface area (Å²) >= 11 is 0. The number of carbonyl (C=O) groups excluding carboxylic acids is 3. The summed E-state index contributed by atoms with van der Waals surface area (Å²) in [5, 5.41) is 20.8. The zero-order valence-electron chi connectivity index (χ0n) is 18.6. The van der Waals surface area contributed by atoms with Crippen molar-refractivity contribution in [1.29, 1.82) is 0 Å². The van der Waals surface area contributed by atoms with Gasteiger partial charge in [0.05, 0.1) is 23.2 Å². The molecule has 0 aliphatic heterocycles. The summed E-state index contributed by atoms with van der Waals surface area (Å²) in [7, 11) is 0. The van der Waals surface area contributed by atoms with E-state index in [4.69, 9.17) is 9.47 Å². The predicted octanol–water partition coefficient (Wildman–Crippen LogP) is 3.79. The van der Waals surface area contributed by atoms with E-state index in [9.17, 15) is 29.4 Å². The van der Waals surface area contributed by atoms with E-state index in [2.05, 4.69) is 9.97 Å². The standard InChI is InChI=1S/C25H18N2O8/c1-3-34-24(32)18-20(27-15-10-6-4-8-13(15)21(18)29)25(33)35-22-14-9-5-7-11-16(14)26-19(23(30)31)17(22)12(2)28/h4-11H,3H2,1-2H3,(H,27,29)(H,30,31). The fourth-order valence-corrected chi connectivity index (χ4v) is 3.65. The van der Waals surface area contributed by atoms with E-state index in [-0.39, 0.29) is 34.2 Å². The number of rotatable bonds is 6. The summed E-state index contributed by atoms with van der Waals surface area (Å²) in [6.45, 7) is 2.63. The zero-order valence-corrected chi connectivity index (χ0v) is 18.6. The Morgan fingerprint density at radius 1 is 0.829 bits per heavy atom. The third kappa shape index (κ3) is 4.12. The lowest BCUT2D eigenvalue weighted by Crippen LogP contribution is -2.20. The minimum atomic E-state index is -1.49. The van der Waals surface area contributed by atoms with E-state index >= 15 is 0 Å². The summed E-state index contributed by atoms with van der Waals surface area (Å²) < 4.78 is 10.5. The van der Waals surface area contributed by atoms with Crippen molar-refractivity contribution in [1.82, 2.24) is 9.97 Å². The number of hydrogen-bond donors (Lipinski definition) is 2. The van der Waals surface area contributed by atoms with Crippen molar-refractivity contribution in [3.63, 3.8) is 0 Å². The van der Waals surface area contributed by atoms with Crippen LogP contribution in [0.4, 0.5) is 0 Å². The van der Waals surface area contributed by atoms with E-state index in [1.165, 1.54) is 24.3 Å². The molecule has 2 N–H and O–H groups in total. The maximum atomic E-state index is 13.4. The third-order valence-corrected chi connectivity index (χ3v) is 5.13. The number of aromatic carboxylic acids is 1. The Labute approximate surface area is 197 Å². The molecule has 0 radical (unpaired) electrons. The number of Topliss-reactive ketones (excluding diaryl/α,β-unsaturated/α-hetero) is 1. The summed E-state index contributed by atoms with van der Waals surface area (Å²) in [5.74, 6) is -5.29. The Bertz CT molecular complexity index is 1540. The number of hydrogen-bond acceptors (Lipinski definition) is 9. The predicted molar refractivity (Wildman–Crippen MR) is 123 cm³/mol. The van der Waals surface area contributed by atoms with Gasteiger partial charge in [-0.25, -0.2) is 24.4 Å². The second-order valence-corrected chi connectivity index (χ2v) is 7.35. The van der Waals surface area contributed by atoms with Gasteiger partial charge in [-0.2, -0.15) is 0 Å². The molecule has 10 nitrogen and oxygen atoms in total. The van der Waals surface area contributed by atoms with Crippen molar-refractivity contribution >= 4 is 45.5 Å². The summed E-state index contributed by atoms with van der Waals surface area (Å²) in [6, 6.07) is 12.5. The molecule has 10 heteroatoms. The van der Waals surface area contributed by atoms with Gasteiger partial charge in [-0.3, -0.25) is 4.79 Å². The Hall–Kier alpha value is -4.86. The number of ether oxygens (including phenoxy) is 2. The average Bonchev–Trinajstić information content (AvgIpc) is 2.83. The molecule has 0 aliphatic carbocycles. The molecule has 0 saturated heterocycles. The van der Waals surface area contributed by atoms with Crippen LogP contribution in [0.3, 0.4) is 0 Å². The second kappa shape index (κ2) is 9.18. The highest BCUT2D eigenvalue weighted by atomic mass is 16.5. The molecule has 0 aliphatic rings. The van der Waals surface area contributed by atoms with Crippen LogP contribution in [0.2, 0.25) is 0 Å². The smallest absolute Gasteiger partial charge is 0.363 e. The van der Waals surface area contributed by atoms with Crippen LogP contribution in [-0.2, 0) is 4.74 Å². The Kier molecular flexibility index (Phi) is 6.11. The van der Waals surface area contributed by atoms with Crippen molar-refractivity contribution < 1.29 is 38.9 Å². The van der Waals surface area contributed by atoms with Crippen molar-refractivity contribution in [3.05, 3.63) is 71.0 Å². The topological polar surface area (TPSA) is 153 Å². The minimum absolute atomic E-state index is 0.0367. The number of aromatic hydroxyl groups is 1. The number of nitrogens with zero attached hydrogens (tertiary/aromatic N) is 2.